The normalized spacial score (nSPS) is 10.5. The van der Waals surface area contributed by atoms with Gasteiger partial charge in [0.05, 0.1) is 13.3 Å². The summed E-state index contributed by atoms with van der Waals surface area (Å²) in [4.78, 5) is 23.7. The highest BCUT2D eigenvalue weighted by Crippen LogP contribution is 2.16. The van der Waals surface area contributed by atoms with Gasteiger partial charge < -0.3 is 10.1 Å². The second-order valence-electron chi connectivity index (χ2n) is 5.21. The summed E-state index contributed by atoms with van der Waals surface area (Å²) in [5, 5.41) is 6.36. The number of amides is 2. The second-order valence-corrected chi connectivity index (χ2v) is 5.21. The molecule has 0 unspecified atom stereocenters. The van der Waals surface area contributed by atoms with Crippen LogP contribution in [-0.4, -0.2) is 25.1 Å². The molecule has 0 spiro atoms. The van der Waals surface area contributed by atoms with E-state index in [1.54, 1.807) is 25.3 Å². The van der Waals surface area contributed by atoms with Gasteiger partial charge in [0.15, 0.2) is 0 Å². The van der Waals surface area contributed by atoms with E-state index in [1.165, 1.54) is 6.21 Å². The minimum absolute atomic E-state index is 0.601. The number of nitrogens with zero attached hydrogens (tertiary/aromatic N) is 1. The monoisotopic (exact) mass is 325 g/mol. The van der Waals surface area contributed by atoms with Crippen LogP contribution < -0.4 is 15.5 Å². The van der Waals surface area contributed by atoms with Gasteiger partial charge in [-0.2, -0.15) is 5.10 Å². The molecule has 2 rings (SSSR count). The molecule has 0 heterocycles. The number of carbonyl (C=O) groups excluding carboxylic acids is 2. The Morgan fingerprint density at radius 3 is 2.58 bits per heavy atom. The molecule has 24 heavy (non-hydrogen) atoms. The molecule has 6 nitrogen and oxygen atoms in total. The molecule has 0 fully saturated rings. The average Bonchev–Trinajstić information content (AvgIpc) is 2.58. The van der Waals surface area contributed by atoms with Gasteiger partial charge in [-0.15, -0.1) is 0 Å². The molecule has 0 saturated heterocycles. The number of rotatable bonds is 4. The van der Waals surface area contributed by atoms with E-state index >= 15 is 0 Å². The molecule has 0 radical (unpaired) electrons. The van der Waals surface area contributed by atoms with E-state index in [0.29, 0.717) is 17.0 Å². The standard InChI is InChI=1S/C18H19N3O3/c1-12-8-9-13(2)15(10-12)20-17(22)18(23)21-19-11-14-6-4-5-7-16(14)24-3/h4-11H,1-3H3,(H,20,22)(H,21,23). The zero-order valence-electron chi connectivity index (χ0n) is 13.8. The Hall–Kier alpha value is -3.15. The van der Waals surface area contributed by atoms with Gasteiger partial charge in [0, 0.05) is 11.3 Å². The van der Waals surface area contributed by atoms with Crippen molar-refractivity contribution in [3.8, 4) is 5.75 Å². The first-order valence-corrected chi connectivity index (χ1v) is 7.36. The van der Waals surface area contributed by atoms with E-state index in [4.69, 9.17) is 4.74 Å². The highest BCUT2D eigenvalue weighted by atomic mass is 16.5. The Labute approximate surface area is 140 Å². The lowest BCUT2D eigenvalue weighted by Crippen LogP contribution is -2.32. The summed E-state index contributed by atoms with van der Waals surface area (Å²) in [6, 6.07) is 12.8. The lowest BCUT2D eigenvalue weighted by Gasteiger charge is -2.08. The Morgan fingerprint density at radius 1 is 1.08 bits per heavy atom. The lowest BCUT2D eigenvalue weighted by molar-refractivity contribution is -0.136. The zero-order valence-corrected chi connectivity index (χ0v) is 13.8. The summed E-state index contributed by atoms with van der Waals surface area (Å²) in [5.74, 6) is -1.00. The lowest BCUT2D eigenvalue weighted by atomic mass is 10.1. The highest BCUT2D eigenvalue weighted by molar-refractivity contribution is 6.39. The van der Waals surface area contributed by atoms with Crippen molar-refractivity contribution in [2.24, 2.45) is 5.10 Å². The van der Waals surface area contributed by atoms with Gasteiger partial charge in [0.2, 0.25) is 0 Å². The molecule has 2 aromatic rings. The van der Waals surface area contributed by atoms with Gasteiger partial charge in [-0.3, -0.25) is 9.59 Å². The molecule has 0 aliphatic rings. The minimum atomic E-state index is -0.845. The summed E-state index contributed by atoms with van der Waals surface area (Å²) in [6.07, 6.45) is 1.42. The number of hydrogen-bond donors (Lipinski definition) is 2. The predicted molar refractivity (Wildman–Crippen MR) is 93.3 cm³/mol. The van der Waals surface area contributed by atoms with Crippen LogP contribution in [0.5, 0.6) is 5.75 Å². The molecule has 2 aromatic carbocycles. The van der Waals surface area contributed by atoms with Crippen molar-refractivity contribution in [2.45, 2.75) is 13.8 Å². The quantitative estimate of drug-likeness (QED) is 0.515. The fourth-order valence-corrected chi connectivity index (χ4v) is 2.03. The third-order valence-electron chi connectivity index (χ3n) is 3.36. The van der Waals surface area contributed by atoms with Crippen LogP contribution in [0.3, 0.4) is 0 Å². The van der Waals surface area contributed by atoms with Gasteiger partial charge >= 0.3 is 11.8 Å². The topological polar surface area (TPSA) is 79.8 Å². The van der Waals surface area contributed by atoms with Crippen molar-refractivity contribution in [3.63, 3.8) is 0 Å². The number of para-hydroxylation sites is 1. The van der Waals surface area contributed by atoms with Crippen molar-refractivity contribution in [1.29, 1.82) is 0 Å². The largest absolute Gasteiger partial charge is 0.496 e. The summed E-state index contributed by atoms with van der Waals surface area (Å²) in [5.41, 5.74) is 5.36. The number of hydrogen-bond acceptors (Lipinski definition) is 4. The third-order valence-corrected chi connectivity index (χ3v) is 3.36. The van der Waals surface area contributed by atoms with Crippen molar-refractivity contribution >= 4 is 23.7 Å². The molecule has 0 bridgehead atoms. The van der Waals surface area contributed by atoms with E-state index in [1.807, 2.05) is 38.1 Å². The van der Waals surface area contributed by atoms with Gasteiger partial charge in [0.1, 0.15) is 5.75 Å². The molecular formula is C18H19N3O3. The van der Waals surface area contributed by atoms with Crippen molar-refractivity contribution in [2.75, 3.05) is 12.4 Å². The van der Waals surface area contributed by atoms with E-state index in [0.717, 1.165) is 11.1 Å². The second kappa shape index (κ2) is 7.92. The third kappa shape index (κ3) is 4.42. The Balaban J connectivity index is 1.98. The van der Waals surface area contributed by atoms with Crippen molar-refractivity contribution in [3.05, 3.63) is 59.2 Å². The fraction of sp³-hybridized carbons (Fsp3) is 0.167. The van der Waals surface area contributed by atoms with Crippen LogP contribution in [0.25, 0.3) is 0 Å². The first kappa shape index (κ1) is 17.2. The number of anilines is 1. The zero-order chi connectivity index (χ0) is 17.5. The van der Waals surface area contributed by atoms with Crippen LogP contribution >= 0.6 is 0 Å². The van der Waals surface area contributed by atoms with E-state index < -0.39 is 11.8 Å². The summed E-state index contributed by atoms with van der Waals surface area (Å²) in [7, 11) is 1.54. The van der Waals surface area contributed by atoms with Gasteiger partial charge in [-0.1, -0.05) is 24.3 Å². The predicted octanol–water partition coefficient (Wildman–Crippen LogP) is 2.40. The molecule has 2 amide bonds. The summed E-state index contributed by atoms with van der Waals surface area (Å²) >= 11 is 0. The fourth-order valence-electron chi connectivity index (χ4n) is 2.03. The highest BCUT2D eigenvalue weighted by Gasteiger charge is 2.14. The Bertz CT molecular complexity index is 785. The molecule has 0 aromatic heterocycles. The SMILES string of the molecule is COc1ccccc1C=NNC(=O)C(=O)Nc1cc(C)ccc1C. The smallest absolute Gasteiger partial charge is 0.329 e. The Morgan fingerprint density at radius 2 is 1.83 bits per heavy atom. The molecule has 124 valence electrons. The number of ether oxygens (including phenoxy) is 1. The number of methoxy groups -OCH3 is 1. The number of hydrazone groups is 1. The van der Waals surface area contributed by atoms with Crippen molar-refractivity contribution < 1.29 is 14.3 Å². The maximum absolute atomic E-state index is 11.9. The maximum atomic E-state index is 11.9. The number of nitrogens with one attached hydrogen (secondary N) is 2. The Kier molecular flexibility index (Phi) is 5.68. The minimum Gasteiger partial charge on any atom is -0.496 e. The van der Waals surface area contributed by atoms with Crippen LogP contribution in [0, 0.1) is 13.8 Å². The maximum Gasteiger partial charge on any atom is 0.329 e. The summed E-state index contributed by atoms with van der Waals surface area (Å²) < 4.78 is 5.17. The van der Waals surface area contributed by atoms with Gasteiger partial charge in [-0.25, -0.2) is 5.43 Å². The van der Waals surface area contributed by atoms with Crippen LogP contribution in [0.4, 0.5) is 5.69 Å². The number of aryl methyl sites for hydroxylation is 2. The van der Waals surface area contributed by atoms with Gasteiger partial charge in [0.25, 0.3) is 0 Å². The van der Waals surface area contributed by atoms with Crippen LogP contribution in [0.2, 0.25) is 0 Å². The molecular weight excluding hydrogens is 306 g/mol. The molecule has 0 aliphatic carbocycles. The molecule has 6 heteroatoms. The van der Waals surface area contributed by atoms with Crippen molar-refractivity contribution in [1.82, 2.24) is 5.43 Å². The van der Waals surface area contributed by atoms with Crippen LogP contribution in [-0.2, 0) is 9.59 Å². The van der Waals surface area contributed by atoms with Crippen LogP contribution in [0.1, 0.15) is 16.7 Å². The van der Waals surface area contributed by atoms with E-state index in [2.05, 4.69) is 15.8 Å². The number of benzene rings is 2. The van der Waals surface area contributed by atoms with E-state index in [9.17, 15) is 9.59 Å². The molecule has 2 N–H and O–H groups in total. The molecule has 0 saturated carbocycles. The molecule has 0 atom stereocenters. The number of carbonyl (C=O) groups is 2. The first-order valence-electron chi connectivity index (χ1n) is 7.36. The summed E-state index contributed by atoms with van der Waals surface area (Å²) in [6.45, 7) is 3.76. The van der Waals surface area contributed by atoms with Crippen LogP contribution in [0.15, 0.2) is 47.6 Å². The molecule has 0 aliphatic heterocycles. The first-order chi connectivity index (χ1) is 11.5. The van der Waals surface area contributed by atoms with E-state index in [-0.39, 0.29) is 0 Å². The van der Waals surface area contributed by atoms with Gasteiger partial charge in [-0.05, 0) is 43.2 Å². The average molecular weight is 325 g/mol.